The molecule has 0 bridgehead atoms. The fourth-order valence-electron chi connectivity index (χ4n) is 4.42. The number of anilines is 1. The van der Waals surface area contributed by atoms with Gasteiger partial charge in [0.2, 0.25) is 11.8 Å². The summed E-state index contributed by atoms with van der Waals surface area (Å²) < 4.78 is 0. The number of carbonyl (C=O) groups excluding carboxylic acids is 2. The average molecular weight is 459 g/mol. The van der Waals surface area contributed by atoms with Gasteiger partial charge in [-0.05, 0) is 71.3 Å². The molecule has 1 aromatic rings. The number of nitrogens with zero attached hydrogens (tertiary/aromatic N) is 2. The summed E-state index contributed by atoms with van der Waals surface area (Å²) in [7, 11) is 1.74. The Kier molecular flexibility index (Phi) is 7.34. The van der Waals surface area contributed by atoms with Crippen molar-refractivity contribution in [2.75, 3.05) is 18.5 Å². The van der Waals surface area contributed by atoms with Crippen LogP contribution in [0.5, 0.6) is 0 Å². The summed E-state index contributed by atoms with van der Waals surface area (Å²) in [4.78, 5) is 42.8. The molecule has 32 heavy (non-hydrogen) atoms. The van der Waals surface area contributed by atoms with Gasteiger partial charge in [0.25, 0.3) is 0 Å². The normalized spacial score (nSPS) is 24.0. The molecule has 0 radical (unpaired) electrons. The summed E-state index contributed by atoms with van der Waals surface area (Å²) in [6, 6.07) is 1.02. The lowest BCUT2D eigenvalue weighted by molar-refractivity contribution is -0.136. The molecule has 1 N–H and O–H groups in total. The number of aromatic carboxylic acids is 1. The third kappa shape index (κ3) is 5.53. The number of likely N-dealkylation sites (tertiary alicyclic amines) is 1. The highest BCUT2D eigenvalue weighted by Gasteiger charge is 2.40. The lowest BCUT2D eigenvalue weighted by atomic mass is 9.82. The minimum absolute atomic E-state index is 0.0711. The maximum atomic E-state index is 13.8. The highest BCUT2D eigenvalue weighted by molar-refractivity contribution is 7.15. The highest BCUT2D eigenvalue weighted by atomic mass is 32.1. The van der Waals surface area contributed by atoms with Crippen molar-refractivity contribution in [3.05, 3.63) is 15.8 Å². The number of hydrogen-bond acceptors (Lipinski definition) is 4. The van der Waals surface area contributed by atoms with Crippen LogP contribution >= 0.6 is 11.3 Å². The molecule has 1 saturated carbocycles. The Morgan fingerprint density at radius 1 is 1.19 bits per heavy atom. The van der Waals surface area contributed by atoms with E-state index >= 15 is 0 Å². The van der Waals surface area contributed by atoms with Crippen LogP contribution in [0.25, 0.3) is 0 Å². The Bertz CT molecular complexity index is 941. The van der Waals surface area contributed by atoms with E-state index < -0.39 is 12.0 Å². The molecule has 2 aliphatic rings. The molecule has 6 nitrogen and oxygen atoms in total. The van der Waals surface area contributed by atoms with Gasteiger partial charge in [0.1, 0.15) is 10.9 Å². The van der Waals surface area contributed by atoms with Gasteiger partial charge in [0.15, 0.2) is 0 Å². The number of carboxylic acids is 1. The number of rotatable bonds is 4. The van der Waals surface area contributed by atoms with E-state index in [2.05, 4.69) is 18.8 Å². The standard InChI is InChI=1S/C25H34N2O4S/c1-16-8-10-17(11-9-16)22(28)27(19-7-6-14-26(5)23(19)29)20-15-18(12-13-25(2,3)4)32-21(20)24(30)31/h15-17,19H,6-11,14H2,1-5H3,(H,30,31)/t16?,17?,19-/m0/s1. The van der Waals surface area contributed by atoms with E-state index in [0.29, 0.717) is 29.4 Å². The Morgan fingerprint density at radius 3 is 2.44 bits per heavy atom. The van der Waals surface area contributed by atoms with Gasteiger partial charge in [-0.1, -0.05) is 18.8 Å². The van der Waals surface area contributed by atoms with Crippen molar-refractivity contribution in [1.82, 2.24) is 4.90 Å². The first-order chi connectivity index (χ1) is 15.0. The van der Waals surface area contributed by atoms with Crippen LogP contribution in [-0.4, -0.2) is 47.4 Å². The van der Waals surface area contributed by atoms with Crippen LogP contribution < -0.4 is 4.90 Å². The SMILES string of the molecule is CC1CCC(C(=O)N(c2cc(C#CC(C)(C)C)sc2C(=O)O)[C@H]2CCCN(C)C2=O)CC1. The molecule has 0 unspecified atom stereocenters. The lowest BCUT2D eigenvalue weighted by Gasteiger charge is -2.39. The van der Waals surface area contributed by atoms with Gasteiger partial charge in [-0.25, -0.2) is 4.79 Å². The predicted octanol–water partition coefficient (Wildman–Crippen LogP) is 4.62. The summed E-state index contributed by atoms with van der Waals surface area (Å²) >= 11 is 1.08. The summed E-state index contributed by atoms with van der Waals surface area (Å²) in [5.41, 5.74) is 0.0853. The average Bonchev–Trinajstić information content (AvgIpc) is 3.14. The van der Waals surface area contributed by atoms with Gasteiger partial charge in [-0.3, -0.25) is 14.5 Å². The third-order valence-electron chi connectivity index (χ3n) is 6.27. The summed E-state index contributed by atoms with van der Waals surface area (Å²) in [5.74, 6) is 5.27. The molecule has 0 aromatic carbocycles. The maximum Gasteiger partial charge on any atom is 0.348 e. The molecule has 2 amide bonds. The van der Waals surface area contributed by atoms with Crippen molar-refractivity contribution < 1.29 is 19.5 Å². The van der Waals surface area contributed by atoms with E-state index in [1.165, 1.54) is 4.90 Å². The molecule has 7 heteroatoms. The van der Waals surface area contributed by atoms with Gasteiger partial charge in [-0.15, -0.1) is 11.3 Å². The summed E-state index contributed by atoms with van der Waals surface area (Å²) in [5, 5.41) is 9.93. The Hall–Kier alpha value is -2.33. The first-order valence-electron chi connectivity index (χ1n) is 11.5. The van der Waals surface area contributed by atoms with Crippen molar-refractivity contribution in [2.45, 2.75) is 72.3 Å². The van der Waals surface area contributed by atoms with E-state index in [0.717, 1.165) is 43.4 Å². The second-order valence-electron chi connectivity index (χ2n) is 10.2. The fraction of sp³-hybridized carbons (Fsp3) is 0.640. The first kappa shape index (κ1) is 24.3. The van der Waals surface area contributed by atoms with Crippen molar-refractivity contribution in [3.8, 4) is 11.8 Å². The molecule has 1 aliphatic heterocycles. The molecule has 1 saturated heterocycles. The zero-order valence-electron chi connectivity index (χ0n) is 19.7. The second kappa shape index (κ2) is 9.66. The lowest BCUT2D eigenvalue weighted by Crippen LogP contribution is -2.55. The largest absolute Gasteiger partial charge is 0.477 e. The van der Waals surface area contributed by atoms with Crippen LogP contribution in [0.15, 0.2) is 6.07 Å². The summed E-state index contributed by atoms with van der Waals surface area (Å²) in [6.07, 6.45) is 4.81. The van der Waals surface area contributed by atoms with Crippen molar-refractivity contribution in [3.63, 3.8) is 0 Å². The second-order valence-corrected chi connectivity index (χ2v) is 11.3. The van der Waals surface area contributed by atoms with Gasteiger partial charge in [-0.2, -0.15) is 0 Å². The highest BCUT2D eigenvalue weighted by Crippen LogP contribution is 2.37. The molecule has 1 aliphatic carbocycles. The molecule has 1 aromatic heterocycles. The molecule has 2 fully saturated rings. The zero-order chi connectivity index (χ0) is 23.6. The van der Waals surface area contributed by atoms with Crippen LogP contribution in [0, 0.1) is 29.1 Å². The number of hydrogen-bond donors (Lipinski definition) is 1. The Balaban J connectivity index is 2.07. The monoisotopic (exact) mass is 458 g/mol. The molecule has 0 spiro atoms. The van der Waals surface area contributed by atoms with E-state index in [4.69, 9.17) is 0 Å². The molecular formula is C25H34N2O4S. The Labute approximate surface area is 195 Å². The van der Waals surface area contributed by atoms with Crippen molar-refractivity contribution in [2.24, 2.45) is 17.3 Å². The van der Waals surface area contributed by atoms with Crippen molar-refractivity contribution in [1.29, 1.82) is 0 Å². The van der Waals surface area contributed by atoms with Gasteiger partial charge in [0.05, 0.1) is 10.6 Å². The Morgan fingerprint density at radius 2 is 1.84 bits per heavy atom. The minimum atomic E-state index is -1.10. The van der Waals surface area contributed by atoms with E-state index in [-0.39, 0.29) is 28.0 Å². The van der Waals surface area contributed by atoms with Crippen LogP contribution in [0.1, 0.15) is 80.8 Å². The topological polar surface area (TPSA) is 77.9 Å². The van der Waals surface area contributed by atoms with E-state index in [9.17, 15) is 19.5 Å². The first-order valence-corrected chi connectivity index (χ1v) is 12.3. The number of carboxylic acid groups (broad SMARTS) is 1. The van der Waals surface area contributed by atoms with E-state index in [1.807, 2.05) is 20.8 Å². The van der Waals surface area contributed by atoms with Crippen molar-refractivity contribution >= 4 is 34.8 Å². The minimum Gasteiger partial charge on any atom is -0.477 e. The smallest absolute Gasteiger partial charge is 0.348 e. The predicted molar refractivity (Wildman–Crippen MR) is 127 cm³/mol. The molecule has 174 valence electrons. The maximum absolute atomic E-state index is 13.8. The van der Waals surface area contributed by atoms with Gasteiger partial charge >= 0.3 is 5.97 Å². The molecule has 3 rings (SSSR count). The van der Waals surface area contributed by atoms with E-state index in [1.54, 1.807) is 18.0 Å². The number of thiophene rings is 1. The fourth-order valence-corrected chi connectivity index (χ4v) is 5.26. The number of carbonyl (C=O) groups is 3. The number of likely N-dealkylation sites (N-methyl/N-ethyl adjacent to an activating group) is 1. The zero-order valence-corrected chi connectivity index (χ0v) is 20.6. The van der Waals surface area contributed by atoms with Gasteiger partial charge in [0, 0.05) is 24.9 Å². The van der Waals surface area contributed by atoms with Crippen LogP contribution in [0.2, 0.25) is 0 Å². The quantitative estimate of drug-likeness (QED) is 0.668. The number of piperidine rings is 1. The van der Waals surface area contributed by atoms with Crippen LogP contribution in [-0.2, 0) is 9.59 Å². The molecule has 2 heterocycles. The molecular weight excluding hydrogens is 424 g/mol. The van der Waals surface area contributed by atoms with Gasteiger partial charge < -0.3 is 10.0 Å². The van der Waals surface area contributed by atoms with Crippen LogP contribution in [0.4, 0.5) is 5.69 Å². The summed E-state index contributed by atoms with van der Waals surface area (Å²) in [6.45, 7) is 8.81. The number of amides is 2. The molecule has 1 atom stereocenters. The van der Waals surface area contributed by atoms with Crippen LogP contribution in [0.3, 0.4) is 0 Å². The third-order valence-corrected chi connectivity index (χ3v) is 7.30.